The van der Waals surface area contributed by atoms with E-state index in [9.17, 15) is 0 Å². The molecule has 0 aromatic carbocycles. The zero-order valence-corrected chi connectivity index (χ0v) is 10.6. The van der Waals surface area contributed by atoms with Crippen LogP contribution < -0.4 is 11.1 Å². The molecule has 1 aromatic heterocycles. The van der Waals surface area contributed by atoms with Crippen LogP contribution in [0, 0.1) is 6.92 Å². The Labute approximate surface area is 101 Å². The molecule has 0 spiro atoms. The van der Waals surface area contributed by atoms with Crippen molar-refractivity contribution in [2.45, 2.75) is 20.0 Å². The lowest BCUT2D eigenvalue weighted by atomic mass is 10.2. The highest BCUT2D eigenvalue weighted by Gasteiger charge is 2.04. The lowest BCUT2D eigenvalue weighted by Crippen LogP contribution is -2.19. The number of ether oxygens (including phenoxy) is 1. The van der Waals surface area contributed by atoms with Gasteiger partial charge in [-0.25, -0.2) is 4.98 Å². The van der Waals surface area contributed by atoms with E-state index in [-0.39, 0.29) is 6.10 Å². The zero-order valence-electron chi connectivity index (χ0n) is 9.78. The Morgan fingerprint density at radius 1 is 1.62 bits per heavy atom. The topological polar surface area (TPSA) is 60.2 Å². The average Bonchev–Trinajstić information content (AvgIpc) is 2.25. The van der Waals surface area contributed by atoms with Crippen LogP contribution in [0.15, 0.2) is 12.1 Å². The second kappa shape index (κ2) is 5.77. The predicted octanol–water partition coefficient (Wildman–Crippen LogP) is 1.47. The van der Waals surface area contributed by atoms with Gasteiger partial charge in [-0.2, -0.15) is 0 Å². The van der Waals surface area contributed by atoms with Crippen molar-refractivity contribution in [2.75, 3.05) is 19.0 Å². The molecule has 0 aliphatic rings. The summed E-state index contributed by atoms with van der Waals surface area (Å²) >= 11 is 4.94. The maximum Gasteiger partial charge on any atom is 0.126 e. The molecule has 4 nitrogen and oxygen atoms in total. The molecule has 1 atom stereocenters. The van der Waals surface area contributed by atoms with Crippen LogP contribution in [0.4, 0.5) is 5.82 Å². The third-order valence-corrected chi connectivity index (χ3v) is 2.45. The molecule has 16 heavy (non-hydrogen) atoms. The van der Waals surface area contributed by atoms with E-state index in [0.29, 0.717) is 11.5 Å². The van der Waals surface area contributed by atoms with Gasteiger partial charge in [-0.3, -0.25) is 0 Å². The molecule has 0 aliphatic carbocycles. The molecule has 5 heteroatoms. The number of hydrogen-bond acceptors (Lipinski definition) is 4. The van der Waals surface area contributed by atoms with Crippen molar-refractivity contribution in [3.05, 3.63) is 23.4 Å². The molecule has 0 bridgehead atoms. The van der Waals surface area contributed by atoms with Crippen LogP contribution >= 0.6 is 12.2 Å². The van der Waals surface area contributed by atoms with Crippen LogP contribution in [-0.4, -0.2) is 29.7 Å². The third kappa shape index (κ3) is 3.75. The van der Waals surface area contributed by atoms with E-state index >= 15 is 0 Å². The number of anilines is 1. The van der Waals surface area contributed by atoms with Crippen molar-refractivity contribution in [3.63, 3.8) is 0 Å². The van der Waals surface area contributed by atoms with E-state index < -0.39 is 0 Å². The van der Waals surface area contributed by atoms with Gasteiger partial charge in [0.25, 0.3) is 0 Å². The van der Waals surface area contributed by atoms with Crippen LogP contribution in [0.2, 0.25) is 0 Å². The molecule has 0 saturated heterocycles. The fraction of sp³-hybridized carbons (Fsp3) is 0.455. The van der Waals surface area contributed by atoms with Gasteiger partial charge in [0.2, 0.25) is 0 Å². The molecule has 0 radical (unpaired) electrons. The number of aromatic nitrogens is 1. The second-order valence-electron chi connectivity index (χ2n) is 3.67. The van der Waals surface area contributed by atoms with Crippen molar-refractivity contribution in [1.29, 1.82) is 0 Å². The number of hydrogen-bond donors (Lipinski definition) is 2. The SMILES string of the molecule is COC(C)CNc1cc(C(N)=S)cc(C)n1. The average molecular weight is 239 g/mol. The molecule has 0 amide bonds. The molecule has 0 aliphatic heterocycles. The molecular weight excluding hydrogens is 222 g/mol. The Balaban J connectivity index is 2.76. The van der Waals surface area contributed by atoms with Crippen LogP contribution in [0.5, 0.6) is 0 Å². The Morgan fingerprint density at radius 2 is 2.31 bits per heavy atom. The molecule has 3 N–H and O–H groups in total. The predicted molar refractivity (Wildman–Crippen MR) is 69.8 cm³/mol. The zero-order chi connectivity index (χ0) is 12.1. The number of thiocarbonyl (C=S) groups is 1. The first kappa shape index (κ1) is 12.9. The van der Waals surface area contributed by atoms with E-state index in [1.165, 1.54) is 0 Å². The van der Waals surface area contributed by atoms with Crippen molar-refractivity contribution in [2.24, 2.45) is 5.73 Å². The summed E-state index contributed by atoms with van der Waals surface area (Å²) in [4.78, 5) is 4.72. The maximum absolute atomic E-state index is 5.58. The second-order valence-corrected chi connectivity index (χ2v) is 4.11. The minimum absolute atomic E-state index is 0.135. The van der Waals surface area contributed by atoms with Crippen molar-refractivity contribution < 1.29 is 4.74 Å². The van der Waals surface area contributed by atoms with Crippen LogP contribution in [0.1, 0.15) is 18.2 Å². The summed E-state index contributed by atoms with van der Waals surface area (Å²) < 4.78 is 5.14. The summed E-state index contributed by atoms with van der Waals surface area (Å²) in [5.41, 5.74) is 7.30. The van der Waals surface area contributed by atoms with E-state index in [2.05, 4.69) is 10.3 Å². The Bertz CT molecular complexity index is 381. The molecule has 1 unspecified atom stereocenters. The molecule has 0 fully saturated rings. The Morgan fingerprint density at radius 3 is 2.88 bits per heavy atom. The first-order chi connectivity index (χ1) is 7.52. The minimum Gasteiger partial charge on any atom is -0.389 e. The van der Waals surface area contributed by atoms with Gasteiger partial charge >= 0.3 is 0 Å². The molecule has 1 aromatic rings. The van der Waals surface area contributed by atoms with Gasteiger partial charge in [0.05, 0.1) is 6.10 Å². The van der Waals surface area contributed by atoms with E-state index in [0.717, 1.165) is 17.1 Å². The van der Waals surface area contributed by atoms with Gasteiger partial charge in [-0.1, -0.05) is 12.2 Å². The summed E-state index contributed by atoms with van der Waals surface area (Å²) in [5, 5.41) is 3.18. The Kier molecular flexibility index (Phi) is 4.64. The van der Waals surface area contributed by atoms with Gasteiger partial charge in [0.15, 0.2) is 0 Å². The molecule has 1 heterocycles. The van der Waals surface area contributed by atoms with Gasteiger partial charge in [-0.05, 0) is 26.0 Å². The standard InChI is InChI=1S/C11H17N3OS/c1-7-4-9(11(12)16)5-10(14-7)13-6-8(2)15-3/h4-5,8H,6H2,1-3H3,(H2,12,16)(H,13,14). The summed E-state index contributed by atoms with van der Waals surface area (Å²) in [6.07, 6.45) is 0.135. The number of pyridine rings is 1. The fourth-order valence-electron chi connectivity index (χ4n) is 1.23. The summed E-state index contributed by atoms with van der Waals surface area (Å²) in [7, 11) is 1.68. The van der Waals surface area contributed by atoms with Gasteiger partial charge < -0.3 is 15.8 Å². The maximum atomic E-state index is 5.58. The van der Waals surface area contributed by atoms with Crippen LogP contribution in [0.3, 0.4) is 0 Å². The first-order valence-corrected chi connectivity index (χ1v) is 5.49. The highest BCUT2D eigenvalue weighted by molar-refractivity contribution is 7.80. The van der Waals surface area contributed by atoms with Crippen LogP contribution in [-0.2, 0) is 4.74 Å². The monoisotopic (exact) mass is 239 g/mol. The summed E-state index contributed by atoms with van der Waals surface area (Å²) in [5.74, 6) is 0.770. The number of nitrogens with one attached hydrogen (secondary N) is 1. The first-order valence-electron chi connectivity index (χ1n) is 5.08. The lowest BCUT2D eigenvalue weighted by Gasteiger charge is -2.12. The number of aryl methyl sites for hydroxylation is 1. The quantitative estimate of drug-likeness (QED) is 0.762. The normalized spacial score (nSPS) is 12.2. The van der Waals surface area contributed by atoms with E-state index in [4.69, 9.17) is 22.7 Å². The number of rotatable bonds is 5. The number of nitrogens with zero attached hydrogens (tertiary/aromatic N) is 1. The molecule has 88 valence electrons. The summed E-state index contributed by atoms with van der Waals surface area (Å²) in [6, 6.07) is 3.71. The van der Waals surface area contributed by atoms with Gasteiger partial charge in [-0.15, -0.1) is 0 Å². The molecule has 0 saturated carbocycles. The van der Waals surface area contributed by atoms with Gasteiger partial charge in [0, 0.05) is 24.9 Å². The van der Waals surface area contributed by atoms with Crippen molar-refractivity contribution >= 4 is 23.0 Å². The van der Waals surface area contributed by atoms with Crippen molar-refractivity contribution in [1.82, 2.24) is 4.98 Å². The third-order valence-electron chi connectivity index (χ3n) is 2.21. The molecule has 1 rings (SSSR count). The fourth-order valence-corrected chi connectivity index (χ4v) is 1.35. The van der Waals surface area contributed by atoms with Gasteiger partial charge in [0.1, 0.15) is 10.8 Å². The Hall–Kier alpha value is -1.20. The molecular formula is C11H17N3OS. The highest BCUT2D eigenvalue weighted by Crippen LogP contribution is 2.10. The lowest BCUT2D eigenvalue weighted by molar-refractivity contribution is 0.128. The van der Waals surface area contributed by atoms with E-state index in [1.54, 1.807) is 7.11 Å². The highest BCUT2D eigenvalue weighted by atomic mass is 32.1. The largest absolute Gasteiger partial charge is 0.389 e. The van der Waals surface area contributed by atoms with E-state index in [1.807, 2.05) is 26.0 Å². The number of nitrogens with two attached hydrogens (primary N) is 1. The van der Waals surface area contributed by atoms with Crippen molar-refractivity contribution in [3.8, 4) is 0 Å². The minimum atomic E-state index is 0.135. The van der Waals surface area contributed by atoms with Crippen LogP contribution in [0.25, 0.3) is 0 Å². The summed E-state index contributed by atoms with van der Waals surface area (Å²) in [6.45, 7) is 4.59. The number of methoxy groups -OCH3 is 1. The smallest absolute Gasteiger partial charge is 0.126 e.